The number of benzene rings is 7. The molecule has 7 aromatic carbocycles. The van der Waals surface area contributed by atoms with Crippen LogP contribution in [0.5, 0.6) is 0 Å². The van der Waals surface area contributed by atoms with E-state index in [0.29, 0.717) is 0 Å². The van der Waals surface area contributed by atoms with Gasteiger partial charge in [-0.2, -0.15) is 0 Å². The van der Waals surface area contributed by atoms with Gasteiger partial charge in [-0.1, -0.05) is 103 Å². The molecule has 0 aliphatic rings. The van der Waals surface area contributed by atoms with Crippen LogP contribution in [0, 0.1) is 0 Å². The van der Waals surface area contributed by atoms with E-state index in [0.717, 1.165) is 33.0 Å². The molecule has 0 spiro atoms. The van der Waals surface area contributed by atoms with E-state index in [1.807, 2.05) is 23.5 Å². The topological polar surface area (TPSA) is 28.9 Å². The van der Waals surface area contributed by atoms with Gasteiger partial charge in [-0.05, 0) is 70.3 Å². The second-order valence-electron chi connectivity index (χ2n) is 11.8. The Kier molecular flexibility index (Phi) is 5.19. The monoisotopic (exact) mass is 591 g/mol. The third-order valence-electron chi connectivity index (χ3n) is 9.23. The molecule has 3 heteroatoms. The lowest BCUT2D eigenvalue weighted by molar-refractivity contribution is 0.669. The van der Waals surface area contributed by atoms with Crippen LogP contribution in [-0.4, -0.2) is 4.98 Å². The summed E-state index contributed by atoms with van der Waals surface area (Å²) in [6.45, 7) is 0. The van der Waals surface area contributed by atoms with Gasteiger partial charge in [0.05, 0.1) is 5.52 Å². The molecule has 10 aromatic rings. The number of hydrogen-bond acceptors (Lipinski definition) is 2. The zero-order valence-corrected chi connectivity index (χ0v) is 25.0. The van der Waals surface area contributed by atoms with Crippen LogP contribution in [0.1, 0.15) is 0 Å². The Morgan fingerprint density at radius 3 is 2.00 bits per heavy atom. The van der Waals surface area contributed by atoms with Crippen LogP contribution in [0.15, 0.2) is 150 Å². The molecular formula is C42H25NOS. The fraction of sp³-hybridized carbons (Fsp3) is 0. The molecule has 0 radical (unpaired) electrons. The molecule has 0 unspecified atom stereocenters. The van der Waals surface area contributed by atoms with Crippen molar-refractivity contribution < 1.29 is 4.42 Å². The van der Waals surface area contributed by atoms with E-state index in [1.54, 1.807) is 0 Å². The number of para-hydroxylation sites is 2. The first-order valence-electron chi connectivity index (χ1n) is 15.3. The lowest BCUT2D eigenvalue weighted by Crippen LogP contribution is -1.83. The Labute approximate surface area is 262 Å². The van der Waals surface area contributed by atoms with Crippen molar-refractivity contribution in [1.82, 2.24) is 4.98 Å². The third-order valence-corrected chi connectivity index (χ3v) is 10.5. The summed E-state index contributed by atoms with van der Waals surface area (Å²) in [5, 5.41) is 7.42. The summed E-state index contributed by atoms with van der Waals surface area (Å²) in [5.74, 6) is 0. The number of nitrogens with one attached hydrogen (secondary N) is 1. The predicted octanol–water partition coefficient (Wildman–Crippen LogP) is 12.6. The van der Waals surface area contributed by atoms with E-state index >= 15 is 0 Å². The number of rotatable bonds is 3. The molecule has 10 rings (SSSR count). The smallest absolute Gasteiger partial charge is 0.135 e. The SMILES string of the molecule is c1cc(-c2cccc3c2[nH]c2ccc(-c4ccc5oc6ccccc6c5c4)cc23)cc(-c2cccc3c2sc2ccccc23)c1. The number of aromatic nitrogens is 1. The number of H-pyrrole nitrogens is 1. The highest BCUT2D eigenvalue weighted by Gasteiger charge is 2.15. The maximum atomic E-state index is 6.08. The first-order valence-corrected chi connectivity index (χ1v) is 16.1. The summed E-state index contributed by atoms with van der Waals surface area (Å²) in [6.07, 6.45) is 0. The lowest BCUT2D eigenvalue weighted by atomic mass is 9.96. The molecule has 0 aliphatic heterocycles. The van der Waals surface area contributed by atoms with E-state index in [2.05, 4.69) is 138 Å². The Morgan fingerprint density at radius 2 is 1.09 bits per heavy atom. The van der Waals surface area contributed by atoms with Gasteiger partial charge in [0.25, 0.3) is 0 Å². The van der Waals surface area contributed by atoms with Crippen LogP contribution in [0.4, 0.5) is 0 Å². The summed E-state index contributed by atoms with van der Waals surface area (Å²) in [6, 6.07) is 52.5. The highest BCUT2D eigenvalue weighted by atomic mass is 32.1. The highest BCUT2D eigenvalue weighted by Crippen LogP contribution is 2.42. The summed E-state index contributed by atoms with van der Waals surface area (Å²) in [7, 11) is 0. The Morgan fingerprint density at radius 1 is 0.422 bits per heavy atom. The Balaban J connectivity index is 1.10. The summed E-state index contributed by atoms with van der Waals surface area (Å²) < 4.78 is 8.75. The highest BCUT2D eigenvalue weighted by molar-refractivity contribution is 7.26. The molecule has 0 bridgehead atoms. The maximum absolute atomic E-state index is 6.08. The van der Waals surface area contributed by atoms with E-state index in [9.17, 15) is 0 Å². The number of fused-ring (bicyclic) bond motifs is 9. The Hall–Kier alpha value is -5.64. The molecule has 210 valence electrons. The molecular weight excluding hydrogens is 567 g/mol. The van der Waals surface area contributed by atoms with Crippen molar-refractivity contribution in [2.75, 3.05) is 0 Å². The van der Waals surface area contributed by atoms with Crippen molar-refractivity contribution in [3.05, 3.63) is 146 Å². The first-order chi connectivity index (χ1) is 22.3. The molecule has 0 atom stereocenters. The third kappa shape index (κ3) is 3.75. The maximum Gasteiger partial charge on any atom is 0.135 e. The van der Waals surface area contributed by atoms with Gasteiger partial charge in [-0.25, -0.2) is 0 Å². The van der Waals surface area contributed by atoms with Crippen molar-refractivity contribution in [2.45, 2.75) is 0 Å². The van der Waals surface area contributed by atoms with Gasteiger partial charge >= 0.3 is 0 Å². The molecule has 0 aliphatic carbocycles. The van der Waals surface area contributed by atoms with Gasteiger partial charge in [0.2, 0.25) is 0 Å². The zero-order valence-electron chi connectivity index (χ0n) is 24.2. The lowest BCUT2D eigenvalue weighted by Gasteiger charge is -2.08. The molecule has 3 aromatic heterocycles. The standard InChI is InChI=1S/C42H25NOS/c1-3-16-38-31(10-1)36-24-26(19-21-39(36)44-38)25-18-20-37-35(23-25)33-14-6-12-29(41(33)43-37)27-8-5-9-28(22-27)30-13-7-15-34-32-11-2-4-17-40(32)45-42(30)34/h1-24,43H. The number of thiophene rings is 1. The fourth-order valence-electron chi connectivity index (χ4n) is 7.08. The first kappa shape index (κ1) is 24.8. The van der Waals surface area contributed by atoms with Crippen LogP contribution >= 0.6 is 11.3 Å². The minimum absolute atomic E-state index is 0.920. The minimum Gasteiger partial charge on any atom is -0.456 e. The van der Waals surface area contributed by atoms with Crippen LogP contribution in [0.3, 0.4) is 0 Å². The van der Waals surface area contributed by atoms with Crippen molar-refractivity contribution >= 4 is 75.3 Å². The predicted molar refractivity (Wildman–Crippen MR) is 192 cm³/mol. The van der Waals surface area contributed by atoms with Crippen LogP contribution in [-0.2, 0) is 0 Å². The van der Waals surface area contributed by atoms with Crippen molar-refractivity contribution in [3.63, 3.8) is 0 Å². The van der Waals surface area contributed by atoms with Gasteiger partial charge in [-0.15, -0.1) is 11.3 Å². The van der Waals surface area contributed by atoms with Gasteiger partial charge in [-0.3, -0.25) is 0 Å². The van der Waals surface area contributed by atoms with E-state index in [1.165, 1.54) is 64.3 Å². The zero-order chi connectivity index (χ0) is 29.5. The number of hydrogen-bond donors (Lipinski definition) is 1. The minimum atomic E-state index is 0.920. The van der Waals surface area contributed by atoms with Gasteiger partial charge in [0.15, 0.2) is 0 Å². The molecule has 0 saturated heterocycles. The molecule has 45 heavy (non-hydrogen) atoms. The van der Waals surface area contributed by atoms with Gasteiger partial charge in [0, 0.05) is 52.8 Å². The molecule has 2 nitrogen and oxygen atoms in total. The van der Waals surface area contributed by atoms with Crippen molar-refractivity contribution in [2.24, 2.45) is 0 Å². The van der Waals surface area contributed by atoms with Crippen molar-refractivity contribution in [3.8, 4) is 33.4 Å². The van der Waals surface area contributed by atoms with E-state index in [-0.39, 0.29) is 0 Å². The number of aromatic amines is 1. The van der Waals surface area contributed by atoms with Crippen LogP contribution in [0.2, 0.25) is 0 Å². The summed E-state index contributed by atoms with van der Waals surface area (Å²) >= 11 is 1.88. The quantitative estimate of drug-likeness (QED) is 0.218. The van der Waals surface area contributed by atoms with Gasteiger partial charge in [0.1, 0.15) is 11.2 Å². The normalized spacial score (nSPS) is 12.0. The van der Waals surface area contributed by atoms with Gasteiger partial charge < -0.3 is 9.40 Å². The average Bonchev–Trinajstić information content (AvgIpc) is 3.79. The second kappa shape index (κ2) is 9.43. The Bertz CT molecular complexity index is 2770. The molecule has 0 fully saturated rings. The molecule has 0 amide bonds. The molecule has 0 saturated carbocycles. The molecule has 1 N–H and O–H groups in total. The average molecular weight is 592 g/mol. The second-order valence-corrected chi connectivity index (χ2v) is 12.8. The van der Waals surface area contributed by atoms with Crippen LogP contribution < -0.4 is 0 Å². The van der Waals surface area contributed by atoms with Crippen molar-refractivity contribution in [1.29, 1.82) is 0 Å². The van der Waals surface area contributed by atoms with E-state index < -0.39 is 0 Å². The summed E-state index contributed by atoms with van der Waals surface area (Å²) in [4.78, 5) is 3.77. The molecule has 3 heterocycles. The van der Waals surface area contributed by atoms with E-state index in [4.69, 9.17) is 4.42 Å². The fourth-order valence-corrected chi connectivity index (χ4v) is 8.32. The number of furan rings is 1. The largest absolute Gasteiger partial charge is 0.456 e. The summed E-state index contributed by atoms with van der Waals surface area (Å²) in [5.41, 5.74) is 11.5. The van der Waals surface area contributed by atoms with Crippen LogP contribution in [0.25, 0.3) is 97.3 Å².